The van der Waals surface area contributed by atoms with Crippen molar-refractivity contribution in [2.24, 2.45) is 5.73 Å². The van der Waals surface area contributed by atoms with Gasteiger partial charge in [-0.25, -0.2) is 0 Å². The number of nitrogens with one attached hydrogen (secondary N) is 1. The highest BCUT2D eigenvalue weighted by Gasteiger charge is 2.18. The molecule has 0 aliphatic rings. The Morgan fingerprint density at radius 2 is 1.79 bits per heavy atom. The smallest absolute Gasteiger partial charge is 0.233 e. The zero-order valence-electron chi connectivity index (χ0n) is 14.5. The lowest BCUT2D eigenvalue weighted by Crippen LogP contribution is -2.27. The molecule has 0 saturated carbocycles. The van der Waals surface area contributed by atoms with Gasteiger partial charge in [0.1, 0.15) is 0 Å². The lowest BCUT2D eigenvalue weighted by atomic mass is 9.98. The van der Waals surface area contributed by atoms with Crippen LogP contribution in [0.15, 0.2) is 54.6 Å². The minimum Gasteiger partial charge on any atom is -0.329 e. The highest BCUT2D eigenvalue weighted by molar-refractivity contribution is 5.96. The van der Waals surface area contributed by atoms with E-state index in [9.17, 15) is 4.79 Å². The molecule has 0 aromatic heterocycles. The number of rotatable bonds is 8. The Bertz CT molecular complexity index is 638. The first-order chi connectivity index (χ1) is 11.7. The number of amides is 1. The fourth-order valence-electron chi connectivity index (χ4n) is 2.76. The summed E-state index contributed by atoms with van der Waals surface area (Å²) in [4.78, 5) is 14.9. The number of nitrogens with zero attached hydrogens (tertiary/aromatic N) is 1. The van der Waals surface area contributed by atoms with Crippen molar-refractivity contribution in [1.82, 2.24) is 4.90 Å². The molecular weight excluding hydrogens is 298 g/mol. The van der Waals surface area contributed by atoms with E-state index >= 15 is 0 Å². The second-order valence-corrected chi connectivity index (χ2v) is 5.85. The zero-order chi connectivity index (χ0) is 17.4. The maximum Gasteiger partial charge on any atom is 0.233 e. The molecular formula is C20H27N3O. The molecule has 24 heavy (non-hydrogen) atoms. The Balaban J connectivity index is 2.08. The summed E-state index contributed by atoms with van der Waals surface area (Å²) in [5.74, 6) is -0.402. The lowest BCUT2D eigenvalue weighted by molar-refractivity contribution is -0.117. The second kappa shape index (κ2) is 9.21. The number of benzene rings is 2. The highest BCUT2D eigenvalue weighted by atomic mass is 16.1. The van der Waals surface area contributed by atoms with E-state index in [0.29, 0.717) is 0 Å². The van der Waals surface area contributed by atoms with Crippen LogP contribution in [-0.2, 0) is 11.3 Å². The van der Waals surface area contributed by atoms with Crippen molar-refractivity contribution in [3.8, 4) is 0 Å². The number of carbonyl (C=O) groups excluding carboxylic acids is 1. The van der Waals surface area contributed by atoms with Crippen LogP contribution in [0.5, 0.6) is 0 Å². The van der Waals surface area contributed by atoms with Gasteiger partial charge in [-0.2, -0.15) is 0 Å². The molecule has 2 rings (SSSR count). The maximum absolute atomic E-state index is 12.6. The molecule has 0 saturated heterocycles. The quantitative estimate of drug-likeness (QED) is 0.783. The Morgan fingerprint density at radius 1 is 1.08 bits per heavy atom. The van der Waals surface area contributed by atoms with Crippen LogP contribution >= 0.6 is 0 Å². The normalized spacial score (nSPS) is 12.2. The molecule has 3 N–H and O–H groups in total. The molecule has 0 heterocycles. The molecule has 128 valence electrons. The summed E-state index contributed by atoms with van der Waals surface area (Å²) < 4.78 is 0. The van der Waals surface area contributed by atoms with Crippen molar-refractivity contribution in [2.75, 3.05) is 25.0 Å². The van der Waals surface area contributed by atoms with Crippen LogP contribution in [0, 0.1) is 0 Å². The minimum atomic E-state index is -0.336. The van der Waals surface area contributed by atoms with Gasteiger partial charge in [-0.3, -0.25) is 9.69 Å². The molecule has 0 aliphatic heterocycles. The number of hydrogen-bond donors (Lipinski definition) is 2. The highest BCUT2D eigenvalue weighted by Crippen LogP contribution is 2.18. The molecule has 1 unspecified atom stereocenters. The van der Waals surface area contributed by atoms with E-state index in [1.807, 2.05) is 48.5 Å². The Kier molecular flexibility index (Phi) is 6.97. The van der Waals surface area contributed by atoms with Gasteiger partial charge in [0.15, 0.2) is 0 Å². The molecule has 0 radical (unpaired) electrons. The van der Waals surface area contributed by atoms with Gasteiger partial charge in [0.05, 0.1) is 5.92 Å². The summed E-state index contributed by atoms with van der Waals surface area (Å²) in [6.45, 7) is 7.50. The fraction of sp³-hybridized carbons (Fsp3) is 0.350. The molecule has 2 aromatic rings. The van der Waals surface area contributed by atoms with Crippen molar-refractivity contribution in [3.05, 3.63) is 65.7 Å². The van der Waals surface area contributed by atoms with E-state index in [-0.39, 0.29) is 18.4 Å². The molecule has 0 spiro atoms. The molecule has 0 bridgehead atoms. The molecule has 0 aliphatic carbocycles. The summed E-state index contributed by atoms with van der Waals surface area (Å²) in [5, 5.41) is 3.00. The van der Waals surface area contributed by atoms with E-state index in [1.54, 1.807) is 0 Å². The van der Waals surface area contributed by atoms with Gasteiger partial charge < -0.3 is 11.1 Å². The van der Waals surface area contributed by atoms with E-state index < -0.39 is 0 Å². The molecule has 4 heteroatoms. The first kappa shape index (κ1) is 18.2. The Morgan fingerprint density at radius 3 is 2.42 bits per heavy atom. The Labute approximate surface area is 144 Å². The fourth-order valence-corrected chi connectivity index (χ4v) is 2.76. The van der Waals surface area contributed by atoms with Crippen LogP contribution in [0.25, 0.3) is 0 Å². The number of anilines is 1. The molecule has 4 nitrogen and oxygen atoms in total. The maximum atomic E-state index is 12.6. The van der Waals surface area contributed by atoms with Crippen molar-refractivity contribution in [1.29, 1.82) is 0 Å². The molecule has 2 aromatic carbocycles. The van der Waals surface area contributed by atoms with Crippen LogP contribution in [-0.4, -0.2) is 30.4 Å². The average Bonchev–Trinajstić information content (AvgIpc) is 2.61. The van der Waals surface area contributed by atoms with Crippen LogP contribution in [0.4, 0.5) is 5.69 Å². The van der Waals surface area contributed by atoms with Gasteiger partial charge >= 0.3 is 0 Å². The van der Waals surface area contributed by atoms with Crippen LogP contribution in [0.3, 0.4) is 0 Å². The summed E-state index contributed by atoms with van der Waals surface area (Å²) in [7, 11) is 0. The van der Waals surface area contributed by atoms with Crippen molar-refractivity contribution < 1.29 is 4.79 Å². The van der Waals surface area contributed by atoms with Crippen molar-refractivity contribution in [3.63, 3.8) is 0 Å². The van der Waals surface area contributed by atoms with Crippen molar-refractivity contribution in [2.45, 2.75) is 26.3 Å². The lowest BCUT2D eigenvalue weighted by Gasteiger charge is -2.19. The zero-order valence-corrected chi connectivity index (χ0v) is 14.5. The van der Waals surface area contributed by atoms with Gasteiger partial charge in [0.2, 0.25) is 5.91 Å². The first-order valence-corrected chi connectivity index (χ1v) is 8.55. The summed E-state index contributed by atoms with van der Waals surface area (Å²) >= 11 is 0. The number of nitrogens with two attached hydrogens (primary N) is 1. The van der Waals surface area contributed by atoms with Gasteiger partial charge in [-0.1, -0.05) is 56.3 Å². The second-order valence-electron chi connectivity index (χ2n) is 5.85. The van der Waals surface area contributed by atoms with Gasteiger partial charge in [-0.15, -0.1) is 0 Å². The summed E-state index contributed by atoms with van der Waals surface area (Å²) in [6.07, 6.45) is 0. The van der Waals surface area contributed by atoms with E-state index in [2.05, 4.69) is 30.1 Å². The van der Waals surface area contributed by atoms with E-state index in [1.165, 1.54) is 5.56 Å². The van der Waals surface area contributed by atoms with E-state index in [4.69, 9.17) is 5.73 Å². The SMILES string of the molecule is CCN(CC)Cc1cccc(NC(=O)C(CN)c2ccccc2)c1. The summed E-state index contributed by atoms with van der Waals surface area (Å²) in [5.41, 5.74) is 8.78. The molecule has 0 fully saturated rings. The molecule has 1 atom stereocenters. The predicted molar refractivity (Wildman–Crippen MR) is 99.9 cm³/mol. The topological polar surface area (TPSA) is 58.4 Å². The average molecular weight is 325 g/mol. The standard InChI is InChI=1S/C20H27N3O/c1-3-23(4-2)15-16-9-8-12-18(13-16)22-20(24)19(14-21)17-10-6-5-7-11-17/h5-13,19H,3-4,14-15,21H2,1-2H3,(H,22,24). The molecule has 1 amide bonds. The van der Waals surface area contributed by atoms with E-state index in [0.717, 1.165) is 30.9 Å². The first-order valence-electron chi connectivity index (χ1n) is 8.55. The Hall–Kier alpha value is -2.17. The summed E-state index contributed by atoms with van der Waals surface area (Å²) in [6, 6.07) is 17.7. The van der Waals surface area contributed by atoms with Gasteiger partial charge in [-0.05, 0) is 36.3 Å². The van der Waals surface area contributed by atoms with Gasteiger partial charge in [0, 0.05) is 18.8 Å². The van der Waals surface area contributed by atoms with Crippen LogP contribution in [0.2, 0.25) is 0 Å². The van der Waals surface area contributed by atoms with Crippen molar-refractivity contribution >= 4 is 11.6 Å². The minimum absolute atomic E-state index is 0.0660. The largest absolute Gasteiger partial charge is 0.329 e. The third-order valence-electron chi connectivity index (χ3n) is 4.25. The van der Waals surface area contributed by atoms with Crippen LogP contribution < -0.4 is 11.1 Å². The number of hydrogen-bond acceptors (Lipinski definition) is 3. The third-order valence-corrected chi connectivity index (χ3v) is 4.25. The van der Waals surface area contributed by atoms with Gasteiger partial charge in [0.25, 0.3) is 0 Å². The predicted octanol–water partition coefficient (Wildman–Crippen LogP) is 3.21. The number of carbonyl (C=O) groups is 1. The van der Waals surface area contributed by atoms with Crippen LogP contribution in [0.1, 0.15) is 30.9 Å². The monoisotopic (exact) mass is 325 g/mol. The third kappa shape index (κ3) is 4.91.